The van der Waals surface area contributed by atoms with Crippen LogP contribution in [-0.4, -0.2) is 37.5 Å². The molecule has 0 bridgehead atoms. The van der Waals surface area contributed by atoms with Crippen LogP contribution < -0.4 is 0 Å². The number of piperidine rings is 1. The molecule has 0 aromatic carbocycles. The first-order valence-electron chi connectivity index (χ1n) is 7.90. The fourth-order valence-corrected chi connectivity index (χ4v) is 4.39. The lowest BCUT2D eigenvalue weighted by molar-refractivity contribution is 0.0362. The third-order valence-electron chi connectivity index (χ3n) is 5.20. The summed E-state index contributed by atoms with van der Waals surface area (Å²) in [5.74, 6) is 0. The second kappa shape index (κ2) is 4.48. The van der Waals surface area contributed by atoms with Crippen molar-refractivity contribution in [1.82, 2.24) is 19.9 Å². The summed E-state index contributed by atoms with van der Waals surface area (Å²) in [6.45, 7) is 15.1. The zero-order valence-corrected chi connectivity index (χ0v) is 15.0. The maximum atomic E-state index is 4.27. The molecular weight excluding hydrogens is 280 g/mol. The standard InChI is InChI=1S/C16H28N4S/c1-14(2,3)11-7-16(10-19-9-13(21)17-18-19)8-12(16)20(11)15(4,5)6/h9,11-12,21H,7-8,10H2,1-6H3/t11?,12-,16+/m1/s1. The van der Waals surface area contributed by atoms with Gasteiger partial charge in [-0.2, -0.15) is 0 Å². The summed E-state index contributed by atoms with van der Waals surface area (Å²) < 4.78 is 1.98. The van der Waals surface area contributed by atoms with Gasteiger partial charge in [-0.05, 0) is 39.0 Å². The number of thiol groups is 1. The molecule has 3 rings (SSSR count). The molecule has 21 heavy (non-hydrogen) atoms. The van der Waals surface area contributed by atoms with Crippen molar-refractivity contribution in [2.45, 2.75) is 83.6 Å². The summed E-state index contributed by atoms with van der Waals surface area (Å²) >= 11 is 4.27. The molecule has 2 heterocycles. The molecular formula is C16H28N4S. The minimum atomic E-state index is 0.220. The molecule has 1 aromatic rings. The van der Waals surface area contributed by atoms with E-state index in [1.165, 1.54) is 12.8 Å². The Bertz CT molecular complexity index is 539. The van der Waals surface area contributed by atoms with E-state index in [0.717, 1.165) is 6.54 Å². The van der Waals surface area contributed by atoms with Crippen molar-refractivity contribution in [3.63, 3.8) is 0 Å². The predicted octanol–water partition coefficient (Wildman–Crippen LogP) is 3.24. The molecule has 3 atom stereocenters. The molecule has 2 aliphatic rings. The molecule has 2 fully saturated rings. The molecule has 1 aliphatic heterocycles. The second-order valence-electron chi connectivity index (χ2n) is 9.02. The maximum absolute atomic E-state index is 4.27. The first-order valence-corrected chi connectivity index (χ1v) is 8.35. The second-order valence-corrected chi connectivity index (χ2v) is 9.48. The summed E-state index contributed by atoms with van der Waals surface area (Å²) in [5.41, 5.74) is 0.919. The highest BCUT2D eigenvalue weighted by molar-refractivity contribution is 7.80. The monoisotopic (exact) mass is 308 g/mol. The number of aromatic nitrogens is 3. The van der Waals surface area contributed by atoms with Gasteiger partial charge < -0.3 is 0 Å². The summed E-state index contributed by atoms with van der Waals surface area (Å²) in [6, 6.07) is 1.32. The van der Waals surface area contributed by atoms with Crippen LogP contribution in [0.3, 0.4) is 0 Å². The number of hydrogen-bond donors (Lipinski definition) is 1. The van der Waals surface area contributed by atoms with Crippen LogP contribution in [0.1, 0.15) is 54.4 Å². The van der Waals surface area contributed by atoms with Gasteiger partial charge in [-0.3, -0.25) is 9.58 Å². The van der Waals surface area contributed by atoms with Gasteiger partial charge in [0.1, 0.15) is 5.03 Å². The average Bonchev–Trinajstić information content (AvgIpc) is 2.64. The Hall–Kier alpha value is -0.550. The van der Waals surface area contributed by atoms with Gasteiger partial charge in [0.25, 0.3) is 0 Å². The number of likely N-dealkylation sites (tertiary alicyclic amines) is 1. The molecule has 0 radical (unpaired) electrons. The van der Waals surface area contributed by atoms with Gasteiger partial charge in [0.15, 0.2) is 0 Å². The smallest absolute Gasteiger partial charge is 0.135 e. The van der Waals surface area contributed by atoms with E-state index < -0.39 is 0 Å². The number of fused-ring (bicyclic) bond motifs is 1. The molecule has 1 saturated heterocycles. The lowest BCUT2D eigenvalue weighted by Crippen LogP contribution is -2.51. The van der Waals surface area contributed by atoms with E-state index in [2.05, 4.69) is 69.4 Å². The van der Waals surface area contributed by atoms with Crippen LogP contribution in [0, 0.1) is 10.8 Å². The van der Waals surface area contributed by atoms with Crippen molar-refractivity contribution >= 4 is 12.6 Å². The molecule has 5 heteroatoms. The molecule has 1 saturated carbocycles. The Balaban J connectivity index is 1.85. The Kier molecular flexibility index (Phi) is 3.27. The lowest BCUT2D eigenvalue weighted by atomic mass is 9.80. The maximum Gasteiger partial charge on any atom is 0.135 e. The molecule has 0 spiro atoms. The molecule has 4 nitrogen and oxygen atoms in total. The van der Waals surface area contributed by atoms with Crippen molar-refractivity contribution in [3.8, 4) is 0 Å². The van der Waals surface area contributed by atoms with E-state index in [9.17, 15) is 0 Å². The Morgan fingerprint density at radius 1 is 1.24 bits per heavy atom. The van der Waals surface area contributed by atoms with Gasteiger partial charge in [0, 0.05) is 29.6 Å². The van der Waals surface area contributed by atoms with Gasteiger partial charge in [-0.25, -0.2) is 0 Å². The average molecular weight is 308 g/mol. The summed E-state index contributed by atoms with van der Waals surface area (Å²) in [5, 5.41) is 8.91. The largest absolute Gasteiger partial charge is 0.291 e. The van der Waals surface area contributed by atoms with Crippen LogP contribution in [0.2, 0.25) is 0 Å². The Morgan fingerprint density at radius 3 is 2.33 bits per heavy atom. The van der Waals surface area contributed by atoms with Crippen LogP contribution in [0.15, 0.2) is 11.2 Å². The number of rotatable bonds is 2. The molecule has 1 aliphatic carbocycles. The fourth-order valence-electron chi connectivity index (χ4n) is 4.22. The summed E-state index contributed by atoms with van der Waals surface area (Å²) in [7, 11) is 0. The van der Waals surface area contributed by atoms with Crippen molar-refractivity contribution in [2.24, 2.45) is 10.8 Å². The topological polar surface area (TPSA) is 34.0 Å². The van der Waals surface area contributed by atoms with Gasteiger partial charge in [0.2, 0.25) is 0 Å². The van der Waals surface area contributed by atoms with Crippen LogP contribution in [0.25, 0.3) is 0 Å². The van der Waals surface area contributed by atoms with Crippen LogP contribution >= 0.6 is 12.6 Å². The minimum Gasteiger partial charge on any atom is -0.291 e. The molecule has 1 unspecified atom stereocenters. The van der Waals surface area contributed by atoms with Gasteiger partial charge in [0.05, 0.1) is 6.20 Å². The van der Waals surface area contributed by atoms with Crippen molar-refractivity contribution < 1.29 is 0 Å². The lowest BCUT2D eigenvalue weighted by Gasteiger charge is -2.45. The SMILES string of the molecule is CC(C)(C)C1C[C@@]2(Cn3cc(S)nn3)C[C@H]2N1C(C)(C)C. The highest BCUT2D eigenvalue weighted by atomic mass is 32.1. The molecule has 0 amide bonds. The first kappa shape index (κ1) is 15.3. The highest BCUT2D eigenvalue weighted by Crippen LogP contribution is 2.64. The quantitative estimate of drug-likeness (QED) is 0.852. The van der Waals surface area contributed by atoms with Gasteiger partial charge >= 0.3 is 0 Å². The van der Waals surface area contributed by atoms with Crippen molar-refractivity contribution in [1.29, 1.82) is 0 Å². The van der Waals surface area contributed by atoms with E-state index in [-0.39, 0.29) is 5.54 Å². The van der Waals surface area contributed by atoms with E-state index in [1.54, 1.807) is 0 Å². The highest BCUT2D eigenvalue weighted by Gasteiger charge is 2.67. The Labute approximate surface area is 133 Å². The third-order valence-corrected chi connectivity index (χ3v) is 5.40. The van der Waals surface area contributed by atoms with E-state index >= 15 is 0 Å². The molecule has 118 valence electrons. The van der Waals surface area contributed by atoms with Crippen LogP contribution in [0.5, 0.6) is 0 Å². The predicted molar refractivity (Wildman–Crippen MR) is 87.6 cm³/mol. The van der Waals surface area contributed by atoms with E-state index in [4.69, 9.17) is 0 Å². The fraction of sp³-hybridized carbons (Fsp3) is 0.875. The first-order chi connectivity index (χ1) is 9.53. The van der Waals surface area contributed by atoms with Crippen molar-refractivity contribution in [2.75, 3.05) is 0 Å². The van der Waals surface area contributed by atoms with E-state index in [1.807, 2.05) is 10.9 Å². The number of nitrogens with zero attached hydrogens (tertiary/aromatic N) is 4. The van der Waals surface area contributed by atoms with Crippen LogP contribution in [0.4, 0.5) is 0 Å². The zero-order chi connectivity index (χ0) is 15.6. The third kappa shape index (κ3) is 2.63. The summed E-state index contributed by atoms with van der Waals surface area (Å²) in [4.78, 5) is 2.77. The number of hydrogen-bond acceptors (Lipinski definition) is 4. The zero-order valence-electron chi connectivity index (χ0n) is 14.1. The van der Waals surface area contributed by atoms with Crippen LogP contribution in [-0.2, 0) is 6.54 Å². The normalized spacial score (nSPS) is 33.3. The minimum absolute atomic E-state index is 0.220. The molecule has 1 aromatic heterocycles. The molecule has 0 N–H and O–H groups in total. The Morgan fingerprint density at radius 2 is 1.90 bits per heavy atom. The van der Waals surface area contributed by atoms with Gasteiger partial charge in [-0.15, -0.1) is 17.7 Å². The van der Waals surface area contributed by atoms with Gasteiger partial charge in [-0.1, -0.05) is 26.0 Å². The summed E-state index contributed by atoms with van der Waals surface area (Å²) in [6.07, 6.45) is 4.50. The van der Waals surface area contributed by atoms with Crippen molar-refractivity contribution in [3.05, 3.63) is 6.20 Å². The van der Waals surface area contributed by atoms with E-state index in [0.29, 0.717) is 27.9 Å².